The van der Waals surface area contributed by atoms with Gasteiger partial charge < -0.3 is 119 Å². The first-order valence-corrected chi connectivity index (χ1v) is 24.9. The van der Waals surface area contributed by atoms with Crippen LogP contribution in [0.1, 0.15) is 17.5 Å². The number of hydrogen-bond donors (Lipinski definition) is 15. The molecule has 5 aromatic rings. The third kappa shape index (κ3) is 14.6. The Morgan fingerprint density at radius 1 is 0.482 bits per heavy atom. The Hall–Kier alpha value is -8.43. The highest BCUT2D eigenvalue weighted by atomic mass is 16.7. The molecule has 3 saturated heterocycles. The minimum absolute atomic E-state index is 0.0933. The molecule has 0 bridgehead atoms. The molecule has 3 fully saturated rings. The van der Waals surface area contributed by atoms with Crippen molar-refractivity contribution < 1.29 is 143 Å². The number of aliphatic hydroxyl groups is 9. The fourth-order valence-corrected chi connectivity index (χ4v) is 8.47. The van der Waals surface area contributed by atoms with Crippen LogP contribution in [0.25, 0.3) is 34.4 Å². The van der Waals surface area contributed by atoms with Crippen molar-refractivity contribution in [3.8, 4) is 57.3 Å². The van der Waals surface area contributed by atoms with E-state index < -0.39 is 159 Å². The summed E-state index contributed by atoms with van der Waals surface area (Å²) in [7, 11) is 0. The van der Waals surface area contributed by atoms with Gasteiger partial charge in [-0.1, -0.05) is 12.1 Å². The molecule has 8 rings (SSSR count). The molecule has 0 amide bonds. The zero-order valence-corrected chi connectivity index (χ0v) is 42.7. The Morgan fingerprint density at radius 3 is 1.47 bits per heavy atom. The molecule has 0 radical (unpaired) electrons. The number of phenols is 5. The van der Waals surface area contributed by atoms with E-state index in [1.165, 1.54) is 78.9 Å². The third-order valence-electron chi connectivity index (χ3n) is 13.0. The van der Waals surface area contributed by atoms with Crippen molar-refractivity contribution in [2.24, 2.45) is 0 Å². The third-order valence-corrected chi connectivity index (χ3v) is 13.0. The molecule has 3 aliphatic heterocycles. The van der Waals surface area contributed by atoms with Gasteiger partial charge in [0.1, 0.15) is 122 Å². The highest BCUT2D eigenvalue weighted by molar-refractivity contribution is 5.90. The molecular formula is C54H55O29+. The smallest absolute Gasteiger partial charge is 0.402 e. The van der Waals surface area contributed by atoms with Crippen LogP contribution in [-0.4, -0.2) is 212 Å². The molecule has 0 spiro atoms. The van der Waals surface area contributed by atoms with Crippen LogP contribution in [0.5, 0.6) is 46.0 Å². The normalized spacial score (nSPS) is 28.1. The van der Waals surface area contributed by atoms with Gasteiger partial charge in [-0.25, -0.2) is 14.0 Å². The molecule has 0 aliphatic carbocycles. The van der Waals surface area contributed by atoms with Crippen LogP contribution in [0, 0.1) is 0 Å². The van der Waals surface area contributed by atoms with E-state index in [2.05, 4.69) is 0 Å². The first-order valence-electron chi connectivity index (χ1n) is 24.9. The molecule has 29 nitrogen and oxygen atoms in total. The van der Waals surface area contributed by atoms with Gasteiger partial charge in [0.15, 0.2) is 23.0 Å². The van der Waals surface area contributed by atoms with Crippen LogP contribution in [0.15, 0.2) is 95.4 Å². The first-order chi connectivity index (χ1) is 39.4. The molecule has 4 aromatic carbocycles. The van der Waals surface area contributed by atoms with E-state index >= 15 is 0 Å². The molecule has 15 atom stereocenters. The molecule has 0 saturated carbocycles. The average molecular weight is 1170 g/mol. The maximum atomic E-state index is 12.9. The van der Waals surface area contributed by atoms with E-state index in [0.29, 0.717) is 5.56 Å². The highest BCUT2D eigenvalue weighted by Crippen LogP contribution is 2.42. The van der Waals surface area contributed by atoms with E-state index in [9.17, 15) is 90.7 Å². The van der Waals surface area contributed by atoms with Gasteiger partial charge in [0.2, 0.25) is 24.6 Å². The van der Waals surface area contributed by atoms with Crippen LogP contribution in [0.4, 0.5) is 0 Å². The number of hydrogen-bond acceptors (Lipinski definition) is 27. The summed E-state index contributed by atoms with van der Waals surface area (Å²) in [5.74, 6) is -7.72. The number of aromatic hydroxyl groups is 5. The number of aliphatic carboxylic acids is 1. The average Bonchev–Trinajstić information content (AvgIpc) is 3.62. The minimum Gasteiger partial charge on any atom is -0.508 e. The summed E-state index contributed by atoms with van der Waals surface area (Å²) >= 11 is 0. The van der Waals surface area contributed by atoms with Crippen molar-refractivity contribution in [2.75, 3.05) is 19.8 Å². The molecule has 1 aromatic heterocycles. The predicted octanol–water partition coefficient (Wildman–Crippen LogP) is -1.00. The second-order valence-corrected chi connectivity index (χ2v) is 18.9. The maximum Gasteiger partial charge on any atom is 0.402 e. The van der Waals surface area contributed by atoms with Crippen molar-refractivity contribution in [1.82, 2.24) is 0 Å². The Balaban J connectivity index is 0.888. The molecule has 83 heavy (non-hydrogen) atoms. The number of phenolic OH excluding ortho intramolecular Hbond substituents is 5. The molecule has 29 heteroatoms. The zero-order chi connectivity index (χ0) is 60.0. The standard InChI is InChI=1S/C54H54O29/c55-25-7-5-24(6-8-25)51-34(80-54-50(73)47(70)44(67)37(83-54)21-76-41(64)18-38(60)61)17-27-29(57)15-26(16-33(27)78-51)77-52-48(71)45(68)42(65)35(81-52)19-74-40(63)12-4-23-2-10-32(31(59)14-23)79-53-49(72)46(69)43(66)36(82-53)20-75-39(62)11-3-22-1-9-28(56)30(58)13-22/h1-17,35-37,42-50,52-54,65-73H,18-21H2,(H5-,55,56,57,58,59,60,61,62)/p+1/b12-4+/t35-,36+,37+,42+,43+,44+,45-,46-,47+,48+,49+,50+,52+,53+,54+/m0/s1. The van der Waals surface area contributed by atoms with Crippen molar-refractivity contribution in [3.63, 3.8) is 0 Å². The number of esters is 3. The van der Waals surface area contributed by atoms with Crippen molar-refractivity contribution in [2.45, 2.75) is 98.5 Å². The summed E-state index contributed by atoms with van der Waals surface area (Å²) in [5, 5.41) is 156. The van der Waals surface area contributed by atoms with Gasteiger partial charge in [0, 0.05) is 24.3 Å². The first kappa shape index (κ1) is 60.7. The van der Waals surface area contributed by atoms with Gasteiger partial charge in [-0.2, -0.15) is 0 Å². The maximum absolute atomic E-state index is 12.9. The number of benzene rings is 4. The van der Waals surface area contributed by atoms with Gasteiger partial charge in [-0.3, -0.25) is 9.59 Å². The Kier molecular flexibility index (Phi) is 19.2. The van der Waals surface area contributed by atoms with Crippen LogP contribution in [-0.2, 0) is 47.6 Å². The van der Waals surface area contributed by atoms with Crippen LogP contribution in [0.2, 0.25) is 0 Å². The highest BCUT2D eigenvalue weighted by Gasteiger charge is 2.49. The lowest BCUT2D eigenvalue weighted by molar-refractivity contribution is -0.278. The number of carboxylic acid groups (broad SMARTS) is 1. The van der Waals surface area contributed by atoms with Gasteiger partial charge in [0.05, 0.1) is 11.6 Å². The van der Waals surface area contributed by atoms with Crippen LogP contribution >= 0.6 is 0 Å². The van der Waals surface area contributed by atoms with Gasteiger partial charge in [-0.15, -0.1) is 0 Å². The van der Waals surface area contributed by atoms with Crippen LogP contribution in [0.3, 0.4) is 0 Å². The van der Waals surface area contributed by atoms with E-state index in [0.717, 1.165) is 24.3 Å². The summed E-state index contributed by atoms with van der Waals surface area (Å²) < 4.78 is 55.5. The molecule has 15 N–H and O–H groups in total. The summed E-state index contributed by atoms with van der Waals surface area (Å²) in [5.41, 5.74) is 0.579. The molecule has 0 unspecified atom stereocenters. The van der Waals surface area contributed by atoms with E-state index in [1.54, 1.807) is 0 Å². The van der Waals surface area contributed by atoms with Gasteiger partial charge >= 0.3 is 35.2 Å². The SMILES string of the molecule is O=C(O)CC(=O)OC[C@H]1O[C@@H](Oc2cc3c(O)cc(O[C@@H]4O[C@@H](COC(=O)/C=C/c5ccc(O[C@@H]6O[C@H](COC(=O)C=Cc7ccc(O)c(O)c7)[C@@H](O)[C@H](O)[C@H]6O)c(O)c5)[C@@H](O)[C@H](O)[C@H]4O)cc3[o+]c2-c2ccc(O)cc2)[C@H](O)[C@H](O)[C@@H]1O. The predicted molar refractivity (Wildman–Crippen MR) is 272 cm³/mol. The fourth-order valence-electron chi connectivity index (χ4n) is 8.47. The van der Waals surface area contributed by atoms with E-state index in [4.69, 9.17) is 52.2 Å². The molecule has 444 valence electrons. The lowest BCUT2D eigenvalue weighted by Gasteiger charge is -2.39. The lowest BCUT2D eigenvalue weighted by Crippen LogP contribution is -2.60. The van der Waals surface area contributed by atoms with Crippen LogP contribution < -0.4 is 14.2 Å². The number of rotatable bonds is 19. The topological polar surface area (TPSA) is 466 Å². The van der Waals surface area contributed by atoms with Crippen molar-refractivity contribution in [1.29, 1.82) is 0 Å². The lowest BCUT2D eigenvalue weighted by atomic mass is 9.99. The number of aliphatic hydroxyl groups excluding tert-OH is 9. The Morgan fingerprint density at radius 2 is 0.964 bits per heavy atom. The number of fused-ring (bicyclic) bond motifs is 1. The number of ether oxygens (including phenoxy) is 9. The number of carbonyl (C=O) groups is 4. The Bertz CT molecular complexity index is 3200. The van der Waals surface area contributed by atoms with E-state index in [-0.39, 0.29) is 56.6 Å². The minimum atomic E-state index is -1.96. The molecule has 4 heterocycles. The fraction of sp³-hybridized carbons (Fsp3) is 0.352. The summed E-state index contributed by atoms with van der Waals surface area (Å²) in [6.45, 7) is -2.13. The van der Waals surface area contributed by atoms with E-state index in [1.807, 2.05) is 0 Å². The second kappa shape index (κ2) is 26.2. The van der Waals surface area contributed by atoms with Gasteiger partial charge in [0.25, 0.3) is 0 Å². The zero-order valence-electron chi connectivity index (χ0n) is 42.7. The van der Waals surface area contributed by atoms with Gasteiger partial charge in [-0.05, 0) is 71.8 Å². The monoisotopic (exact) mass is 1170 g/mol. The Labute approximate surface area is 466 Å². The largest absolute Gasteiger partial charge is 0.508 e. The summed E-state index contributed by atoms with van der Waals surface area (Å²) in [4.78, 5) is 48.0. The van der Waals surface area contributed by atoms with Crippen molar-refractivity contribution >= 4 is 47.0 Å². The number of carbonyl (C=O) groups excluding carboxylic acids is 3. The van der Waals surface area contributed by atoms with Crippen molar-refractivity contribution in [3.05, 3.63) is 102 Å². The summed E-state index contributed by atoms with van der Waals surface area (Å²) in [6.07, 6.45) is -23.5. The second-order valence-electron chi connectivity index (χ2n) is 18.9. The number of carboxylic acids is 1. The summed E-state index contributed by atoms with van der Waals surface area (Å²) in [6, 6.07) is 16.2. The molecular weight excluding hydrogens is 1110 g/mol. The molecule has 3 aliphatic rings. The quantitative estimate of drug-likeness (QED) is 0.0118.